The molecule has 0 spiro atoms. The molecule has 0 atom stereocenters. The summed E-state index contributed by atoms with van der Waals surface area (Å²) >= 11 is 0. The van der Waals surface area contributed by atoms with Crippen molar-refractivity contribution < 1.29 is 4.79 Å². The van der Waals surface area contributed by atoms with Gasteiger partial charge in [0.15, 0.2) is 5.78 Å². The number of anilines is 1. The molecule has 4 N–H and O–H groups in total. The third kappa shape index (κ3) is 1.75. The molecule has 0 aromatic carbocycles. The summed E-state index contributed by atoms with van der Waals surface area (Å²) in [7, 11) is 0. The number of ketones is 1. The molecule has 0 unspecified atom stereocenters. The Bertz CT molecular complexity index is 272. The van der Waals surface area contributed by atoms with Gasteiger partial charge in [-0.1, -0.05) is 0 Å². The Hall–Kier alpha value is -1.42. The number of hydrogen-bond acceptors (Lipinski definition) is 4. The van der Waals surface area contributed by atoms with Crippen molar-refractivity contribution in [2.75, 3.05) is 12.3 Å². The molecule has 58 valence electrons. The highest BCUT2D eigenvalue weighted by molar-refractivity contribution is 5.97. The Morgan fingerprint density at radius 1 is 1.64 bits per heavy atom. The molecule has 1 aromatic heterocycles. The number of carbonyl (C=O) groups is 1. The minimum absolute atomic E-state index is 0.00343. The van der Waals surface area contributed by atoms with Crippen molar-refractivity contribution in [1.29, 1.82) is 0 Å². The number of nitrogens with zero attached hydrogens (tertiary/aromatic N) is 1. The molecule has 0 saturated carbocycles. The van der Waals surface area contributed by atoms with Crippen LogP contribution in [0.25, 0.3) is 0 Å². The van der Waals surface area contributed by atoms with Gasteiger partial charge in [-0.3, -0.25) is 4.79 Å². The molecular formula is C7H9N3O. The summed E-state index contributed by atoms with van der Waals surface area (Å²) in [6.45, 7) is 0.00343. The van der Waals surface area contributed by atoms with E-state index in [1.165, 1.54) is 12.3 Å². The van der Waals surface area contributed by atoms with Crippen LogP contribution in [-0.2, 0) is 0 Å². The minimum atomic E-state index is -0.126. The first-order valence-electron chi connectivity index (χ1n) is 3.19. The first-order chi connectivity index (χ1) is 5.24. The molecule has 0 saturated heterocycles. The molecule has 0 aliphatic heterocycles. The lowest BCUT2D eigenvalue weighted by Gasteiger charge is -1.96. The Morgan fingerprint density at radius 3 is 2.91 bits per heavy atom. The topological polar surface area (TPSA) is 82.0 Å². The van der Waals surface area contributed by atoms with E-state index in [0.29, 0.717) is 11.4 Å². The van der Waals surface area contributed by atoms with E-state index in [2.05, 4.69) is 4.98 Å². The average molecular weight is 151 g/mol. The van der Waals surface area contributed by atoms with Crippen molar-refractivity contribution in [2.24, 2.45) is 5.73 Å². The van der Waals surface area contributed by atoms with E-state index in [0.717, 1.165) is 0 Å². The highest BCUT2D eigenvalue weighted by Gasteiger charge is 2.01. The summed E-state index contributed by atoms with van der Waals surface area (Å²) in [6.07, 6.45) is 1.48. The molecule has 1 aromatic rings. The van der Waals surface area contributed by atoms with E-state index in [4.69, 9.17) is 11.5 Å². The van der Waals surface area contributed by atoms with Gasteiger partial charge in [-0.15, -0.1) is 0 Å². The van der Waals surface area contributed by atoms with E-state index in [1.54, 1.807) is 6.07 Å². The van der Waals surface area contributed by atoms with Crippen LogP contribution in [0.5, 0.6) is 0 Å². The van der Waals surface area contributed by atoms with Crippen LogP contribution in [0.1, 0.15) is 10.4 Å². The summed E-state index contributed by atoms with van der Waals surface area (Å²) < 4.78 is 0. The normalized spacial score (nSPS) is 9.55. The zero-order valence-corrected chi connectivity index (χ0v) is 5.95. The molecule has 0 aliphatic carbocycles. The lowest BCUT2D eigenvalue weighted by molar-refractivity contribution is 0.100. The van der Waals surface area contributed by atoms with Gasteiger partial charge in [0.25, 0.3) is 0 Å². The molecule has 0 aliphatic rings. The van der Waals surface area contributed by atoms with Crippen molar-refractivity contribution >= 4 is 11.6 Å². The lowest BCUT2D eigenvalue weighted by Crippen LogP contribution is -2.13. The zero-order valence-electron chi connectivity index (χ0n) is 5.95. The molecule has 1 heterocycles. The van der Waals surface area contributed by atoms with Crippen LogP contribution in [0, 0.1) is 0 Å². The number of Topliss-reactive ketones (excluding diaryl/α,β-unsaturated/α-hetero) is 1. The largest absolute Gasteiger partial charge is 0.384 e. The smallest absolute Gasteiger partial charge is 0.176 e. The third-order valence-corrected chi connectivity index (χ3v) is 1.29. The van der Waals surface area contributed by atoms with Crippen LogP contribution >= 0.6 is 0 Å². The van der Waals surface area contributed by atoms with Crippen molar-refractivity contribution in [3.8, 4) is 0 Å². The van der Waals surface area contributed by atoms with E-state index in [-0.39, 0.29) is 12.3 Å². The fourth-order valence-electron chi connectivity index (χ4n) is 0.740. The molecule has 4 nitrogen and oxygen atoms in total. The predicted molar refractivity (Wildman–Crippen MR) is 42.0 cm³/mol. The molecular weight excluding hydrogens is 142 g/mol. The number of rotatable bonds is 2. The van der Waals surface area contributed by atoms with Gasteiger partial charge in [-0.25, -0.2) is 4.98 Å². The van der Waals surface area contributed by atoms with Gasteiger partial charge in [-0.2, -0.15) is 0 Å². The summed E-state index contributed by atoms with van der Waals surface area (Å²) in [6, 6.07) is 3.10. The average Bonchev–Trinajstić information content (AvgIpc) is 2.03. The van der Waals surface area contributed by atoms with E-state index in [1.807, 2.05) is 0 Å². The number of hydrogen-bond donors (Lipinski definition) is 2. The maximum Gasteiger partial charge on any atom is 0.176 e. The van der Waals surface area contributed by atoms with E-state index >= 15 is 0 Å². The third-order valence-electron chi connectivity index (χ3n) is 1.29. The van der Waals surface area contributed by atoms with Crippen molar-refractivity contribution in [1.82, 2.24) is 4.98 Å². The molecule has 0 fully saturated rings. The Kier molecular flexibility index (Phi) is 2.18. The Morgan fingerprint density at radius 2 is 2.36 bits per heavy atom. The molecule has 0 radical (unpaired) electrons. The zero-order chi connectivity index (χ0) is 8.27. The van der Waals surface area contributed by atoms with Crippen molar-refractivity contribution in [3.63, 3.8) is 0 Å². The maximum absolute atomic E-state index is 11.0. The van der Waals surface area contributed by atoms with Gasteiger partial charge >= 0.3 is 0 Å². The van der Waals surface area contributed by atoms with Crippen LogP contribution < -0.4 is 11.5 Å². The highest BCUT2D eigenvalue weighted by Crippen LogP contribution is 2.02. The predicted octanol–water partition coefficient (Wildman–Crippen LogP) is -0.195. The van der Waals surface area contributed by atoms with Gasteiger partial charge in [0.05, 0.1) is 6.54 Å². The van der Waals surface area contributed by atoms with Crippen LogP contribution in [0.3, 0.4) is 0 Å². The first kappa shape index (κ1) is 7.68. The van der Waals surface area contributed by atoms with Crippen LogP contribution in [0.4, 0.5) is 5.82 Å². The fourth-order valence-corrected chi connectivity index (χ4v) is 0.740. The number of pyridine rings is 1. The SMILES string of the molecule is NCC(=O)c1ccnc(N)c1. The number of nitrogens with two attached hydrogens (primary N) is 2. The number of nitrogen functional groups attached to an aromatic ring is 1. The van der Waals surface area contributed by atoms with Crippen LogP contribution in [0.15, 0.2) is 18.3 Å². The molecule has 1 rings (SSSR count). The van der Waals surface area contributed by atoms with Gasteiger partial charge in [-0.05, 0) is 12.1 Å². The molecule has 0 amide bonds. The Balaban J connectivity index is 2.96. The monoisotopic (exact) mass is 151 g/mol. The van der Waals surface area contributed by atoms with Gasteiger partial charge in [0.1, 0.15) is 5.82 Å². The lowest BCUT2D eigenvalue weighted by atomic mass is 10.2. The quantitative estimate of drug-likeness (QED) is 0.574. The summed E-state index contributed by atoms with van der Waals surface area (Å²) in [5.41, 5.74) is 11.0. The standard InChI is InChI=1S/C7H9N3O/c8-4-6(11)5-1-2-10-7(9)3-5/h1-3H,4,8H2,(H2,9,10). The van der Waals surface area contributed by atoms with Crippen LogP contribution in [0.2, 0.25) is 0 Å². The summed E-state index contributed by atoms with van der Waals surface area (Å²) in [4.78, 5) is 14.7. The molecule has 4 heteroatoms. The minimum Gasteiger partial charge on any atom is -0.384 e. The molecule has 0 bridgehead atoms. The Labute approximate surface area is 64.2 Å². The van der Waals surface area contributed by atoms with Crippen molar-refractivity contribution in [2.45, 2.75) is 0 Å². The summed E-state index contributed by atoms with van der Waals surface area (Å²) in [5.74, 6) is 0.211. The van der Waals surface area contributed by atoms with Gasteiger partial charge in [0, 0.05) is 11.8 Å². The maximum atomic E-state index is 11.0. The second-order valence-corrected chi connectivity index (χ2v) is 2.10. The second-order valence-electron chi connectivity index (χ2n) is 2.10. The van der Waals surface area contributed by atoms with Gasteiger partial charge < -0.3 is 11.5 Å². The number of carbonyl (C=O) groups excluding carboxylic acids is 1. The number of aromatic nitrogens is 1. The second kappa shape index (κ2) is 3.12. The fraction of sp³-hybridized carbons (Fsp3) is 0.143. The summed E-state index contributed by atoms with van der Waals surface area (Å²) in [5, 5.41) is 0. The van der Waals surface area contributed by atoms with E-state index in [9.17, 15) is 4.79 Å². The van der Waals surface area contributed by atoms with Crippen molar-refractivity contribution in [3.05, 3.63) is 23.9 Å². The highest BCUT2D eigenvalue weighted by atomic mass is 16.1. The van der Waals surface area contributed by atoms with Crippen LogP contribution in [-0.4, -0.2) is 17.3 Å². The van der Waals surface area contributed by atoms with E-state index < -0.39 is 0 Å². The molecule has 11 heavy (non-hydrogen) atoms. The first-order valence-corrected chi connectivity index (χ1v) is 3.19. The van der Waals surface area contributed by atoms with Gasteiger partial charge in [0.2, 0.25) is 0 Å².